The van der Waals surface area contributed by atoms with Gasteiger partial charge in [-0.3, -0.25) is 9.59 Å². The Morgan fingerprint density at radius 2 is 2.10 bits per heavy atom. The van der Waals surface area contributed by atoms with E-state index in [1.165, 1.54) is 0 Å². The van der Waals surface area contributed by atoms with E-state index in [0.717, 1.165) is 30.7 Å². The average molecular weight is 424 g/mol. The predicted octanol–water partition coefficient (Wildman–Crippen LogP) is 1.18. The molecule has 0 saturated carbocycles. The van der Waals surface area contributed by atoms with Crippen LogP contribution in [0.4, 0.5) is 0 Å². The van der Waals surface area contributed by atoms with Crippen molar-refractivity contribution in [2.24, 2.45) is 5.41 Å². The van der Waals surface area contributed by atoms with Gasteiger partial charge in [0.1, 0.15) is 5.75 Å². The summed E-state index contributed by atoms with van der Waals surface area (Å²) >= 11 is 0. The van der Waals surface area contributed by atoms with Crippen molar-refractivity contribution in [1.82, 2.24) is 15.1 Å². The van der Waals surface area contributed by atoms with Crippen LogP contribution >= 0.6 is 12.4 Å². The normalized spacial score (nSPS) is 25.9. The van der Waals surface area contributed by atoms with Gasteiger partial charge in [0, 0.05) is 44.6 Å². The number of amides is 2. The van der Waals surface area contributed by atoms with E-state index in [0.29, 0.717) is 39.0 Å². The molecule has 7 nitrogen and oxygen atoms in total. The van der Waals surface area contributed by atoms with Gasteiger partial charge >= 0.3 is 0 Å². The lowest BCUT2D eigenvalue weighted by molar-refractivity contribution is -0.135. The van der Waals surface area contributed by atoms with Crippen LogP contribution in [0.25, 0.3) is 0 Å². The van der Waals surface area contributed by atoms with Gasteiger partial charge in [-0.1, -0.05) is 12.1 Å². The molecule has 0 aromatic heterocycles. The van der Waals surface area contributed by atoms with Crippen LogP contribution in [0.5, 0.6) is 5.75 Å². The third-order valence-electron chi connectivity index (χ3n) is 6.45. The molecule has 2 atom stereocenters. The summed E-state index contributed by atoms with van der Waals surface area (Å²) < 4.78 is 5.28. The lowest BCUT2D eigenvalue weighted by Gasteiger charge is -2.39. The van der Waals surface area contributed by atoms with Crippen molar-refractivity contribution in [3.8, 4) is 5.75 Å². The number of nitrogens with zero attached hydrogens (tertiary/aromatic N) is 2. The molecule has 0 radical (unpaired) electrons. The largest absolute Gasteiger partial charge is 0.497 e. The molecule has 160 valence electrons. The summed E-state index contributed by atoms with van der Waals surface area (Å²) in [7, 11) is 1.64. The van der Waals surface area contributed by atoms with E-state index < -0.39 is 6.10 Å². The first-order valence-corrected chi connectivity index (χ1v) is 10.1. The Labute approximate surface area is 177 Å². The Morgan fingerprint density at radius 3 is 2.76 bits per heavy atom. The maximum absolute atomic E-state index is 12.6. The molecule has 1 aromatic carbocycles. The van der Waals surface area contributed by atoms with Crippen LogP contribution < -0.4 is 10.1 Å². The minimum absolute atomic E-state index is 0. The summed E-state index contributed by atoms with van der Waals surface area (Å²) in [5.74, 6) is 1.09. The highest BCUT2D eigenvalue weighted by Gasteiger charge is 2.46. The number of β-amino-alcohol motifs (C(OH)–C–C–N with tert-alkyl or cyclic N) is 1. The molecule has 0 aliphatic carbocycles. The summed E-state index contributed by atoms with van der Waals surface area (Å²) in [6.45, 7) is 3.22. The molecule has 3 saturated heterocycles. The molecule has 3 heterocycles. The molecule has 1 aromatic rings. The molecule has 8 heteroatoms. The zero-order chi connectivity index (χ0) is 19.7. The molecule has 4 rings (SSSR count). The van der Waals surface area contributed by atoms with Crippen LogP contribution in [0, 0.1) is 5.41 Å². The number of aliphatic hydroxyl groups excluding tert-OH is 1. The van der Waals surface area contributed by atoms with Crippen LogP contribution in [0.15, 0.2) is 24.3 Å². The van der Waals surface area contributed by atoms with Crippen molar-refractivity contribution in [3.05, 3.63) is 29.8 Å². The second-order valence-corrected chi connectivity index (χ2v) is 8.45. The number of methoxy groups -OCH3 is 1. The fraction of sp³-hybridized carbons (Fsp3) is 0.619. The average Bonchev–Trinajstić information content (AvgIpc) is 3.25. The Morgan fingerprint density at radius 1 is 1.34 bits per heavy atom. The first-order chi connectivity index (χ1) is 13.5. The van der Waals surface area contributed by atoms with Gasteiger partial charge in [-0.25, -0.2) is 0 Å². The van der Waals surface area contributed by atoms with Crippen molar-refractivity contribution < 1.29 is 19.4 Å². The smallest absolute Gasteiger partial charge is 0.239 e. The summed E-state index contributed by atoms with van der Waals surface area (Å²) in [5, 5.41) is 12.7. The van der Waals surface area contributed by atoms with Crippen LogP contribution in [0.3, 0.4) is 0 Å². The Bertz CT molecular complexity index is 751. The van der Waals surface area contributed by atoms with Gasteiger partial charge in [0.2, 0.25) is 11.8 Å². The summed E-state index contributed by atoms with van der Waals surface area (Å²) in [6.07, 6.45) is 2.35. The minimum atomic E-state index is -0.428. The summed E-state index contributed by atoms with van der Waals surface area (Å²) in [6, 6.07) is 7.58. The predicted molar refractivity (Wildman–Crippen MR) is 111 cm³/mol. The highest BCUT2D eigenvalue weighted by molar-refractivity contribution is 5.85. The van der Waals surface area contributed by atoms with Gasteiger partial charge in [0.05, 0.1) is 19.3 Å². The van der Waals surface area contributed by atoms with E-state index in [-0.39, 0.29) is 35.7 Å². The fourth-order valence-electron chi connectivity index (χ4n) is 4.78. The van der Waals surface area contributed by atoms with Gasteiger partial charge in [-0.15, -0.1) is 12.4 Å². The Kier molecular flexibility index (Phi) is 6.71. The second-order valence-electron chi connectivity index (χ2n) is 8.45. The Hall–Kier alpha value is -1.83. The van der Waals surface area contributed by atoms with Crippen molar-refractivity contribution in [1.29, 1.82) is 0 Å². The van der Waals surface area contributed by atoms with Crippen LogP contribution in [0.2, 0.25) is 0 Å². The molecule has 1 spiro atoms. The number of carbonyl (C=O) groups is 2. The lowest BCUT2D eigenvalue weighted by atomic mass is 9.77. The molecule has 2 N–H and O–H groups in total. The topological polar surface area (TPSA) is 82.1 Å². The highest BCUT2D eigenvalue weighted by atomic mass is 35.5. The van der Waals surface area contributed by atoms with Crippen molar-refractivity contribution in [2.75, 3.05) is 33.3 Å². The Balaban J connectivity index is 0.00000240. The summed E-state index contributed by atoms with van der Waals surface area (Å²) in [4.78, 5) is 29.1. The maximum Gasteiger partial charge on any atom is 0.239 e. The van der Waals surface area contributed by atoms with E-state index in [1.807, 2.05) is 34.1 Å². The quantitative estimate of drug-likeness (QED) is 0.760. The van der Waals surface area contributed by atoms with Gasteiger partial charge < -0.3 is 25.0 Å². The zero-order valence-corrected chi connectivity index (χ0v) is 17.6. The summed E-state index contributed by atoms with van der Waals surface area (Å²) in [5.41, 5.74) is 1.05. The number of carbonyl (C=O) groups excluding carboxylic acids is 2. The van der Waals surface area contributed by atoms with Crippen molar-refractivity contribution >= 4 is 24.2 Å². The molecular formula is C21H30ClN3O4. The fourth-order valence-corrected chi connectivity index (χ4v) is 4.78. The standard InChI is InChI=1S/C21H29N3O4.ClH/c1-28-17-4-2-3-15(9-17)13-24-14-21(11-19(24)26)5-7-23(8-6-21)20(27)18-10-16(25)12-22-18;/h2-4,9,16,18,22,25H,5-8,10-14H2,1H3;1H/t16-,18+;/m1./s1. The van der Waals surface area contributed by atoms with Gasteiger partial charge in [-0.05, 0) is 37.0 Å². The van der Waals surface area contributed by atoms with E-state index in [2.05, 4.69) is 5.32 Å². The zero-order valence-electron chi connectivity index (χ0n) is 16.8. The van der Waals surface area contributed by atoms with E-state index in [1.54, 1.807) is 7.11 Å². The molecule has 2 amide bonds. The third-order valence-corrected chi connectivity index (χ3v) is 6.45. The number of rotatable bonds is 4. The molecule has 3 fully saturated rings. The first kappa shape index (κ1) is 21.9. The van der Waals surface area contributed by atoms with Crippen molar-refractivity contribution in [3.63, 3.8) is 0 Å². The second kappa shape index (κ2) is 8.90. The molecule has 3 aliphatic rings. The highest BCUT2D eigenvalue weighted by Crippen LogP contribution is 2.41. The van der Waals surface area contributed by atoms with E-state index in [4.69, 9.17) is 4.74 Å². The molecular weight excluding hydrogens is 394 g/mol. The van der Waals surface area contributed by atoms with Gasteiger partial charge in [0.15, 0.2) is 0 Å². The number of ether oxygens (including phenoxy) is 1. The van der Waals surface area contributed by atoms with Gasteiger partial charge in [0.25, 0.3) is 0 Å². The van der Waals surface area contributed by atoms with Crippen LogP contribution in [-0.4, -0.2) is 72.2 Å². The molecule has 29 heavy (non-hydrogen) atoms. The number of piperidine rings is 1. The number of benzene rings is 1. The lowest BCUT2D eigenvalue weighted by Crippen LogP contribution is -2.49. The molecule has 3 aliphatic heterocycles. The van der Waals surface area contributed by atoms with Crippen LogP contribution in [0.1, 0.15) is 31.2 Å². The van der Waals surface area contributed by atoms with Crippen molar-refractivity contribution in [2.45, 2.75) is 44.4 Å². The number of likely N-dealkylation sites (tertiary alicyclic amines) is 2. The SMILES string of the molecule is COc1cccc(CN2CC3(CCN(C(=O)[C@@H]4C[C@@H](O)CN4)CC3)CC2=O)c1.Cl. The number of aliphatic hydroxyl groups is 1. The van der Waals surface area contributed by atoms with Gasteiger partial charge in [-0.2, -0.15) is 0 Å². The number of nitrogens with one attached hydrogen (secondary N) is 1. The monoisotopic (exact) mass is 423 g/mol. The van der Waals surface area contributed by atoms with Crippen LogP contribution in [-0.2, 0) is 16.1 Å². The molecule has 0 bridgehead atoms. The first-order valence-electron chi connectivity index (χ1n) is 10.1. The number of hydrogen-bond donors (Lipinski definition) is 2. The van der Waals surface area contributed by atoms with E-state index in [9.17, 15) is 14.7 Å². The third kappa shape index (κ3) is 4.68. The van der Waals surface area contributed by atoms with E-state index >= 15 is 0 Å². The molecule has 0 unspecified atom stereocenters. The number of hydrogen-bond acceptors (Lipinski definition) is 5. The maximum atomic E-state index is 12.6. The number of halogens is 1. The minimum Gasteiger partial charge on any atom is -0.497 e.